The smallest absolute Gasteiger partial charge is 0.318 e. The molecule has 0 bridgehead atoms. The number of nitrogens with zero attached hydrogens (tertiary/aromatic N) is 2. The number of carbonyl (C=O) groups is 2. The number of carbonyl (C=O) groups excluding carboxylic acids is 2. The lowest BCUT2D eigenvalue weighted by atomic mass is 10.3. The highest BCUT2D eigenvalue weighted by Gasteiger charge is 2.10. The fourth-order valence-electron chi connectivity index (χ4n) is 1.30. The molecule has 21 heavy (non-hydrogen) atoms. The van der Waals surface area contributed by atoms with Crippen molar-refractivity contribution in [2.45, 2.75) is 4.34 Å². The topological polar surface area (TPSA) is 110 Å². The van der Waals surface area contributed by atoms with Crippen LogP contribution >= 0.6 is 23.1 Å². The van der Waals surface area contributed by atoms with Crippen LogP contribution in [0.25, 0.3) is 0 Å². The van der Waals surface area contributed by atoms with Crippen molar-refractivity contribution in [2.75, 3.05) is 11.1 Å². The van der Waals surface area contributed by atoms with Gasteiger partial charge in [0.25, 0.3) is 0 Å². The molecule has 0 saturated heterocycles. The second-order valence-corrected chi connectivity index (χ2v) is 5.88. The lowest BCUT2D eigenvalue weighted by Crippen LogP contribution is -2.36. The largest absolute Gasteiger partial charge is 0.351 e. The number of hydrogen-bond acceptors (Lipinski definition) is 7. The van der Waals surface area contributed by atoms with Crippen LogP contribution in [-0.2, 0) is 4.79 Å². The molecule has 2 rings (SSSR count). The second-order valence-electron chi connectivity index (χ2n) is 3.68. The molecule has 1 aromatic carbocycles. The minimum Gasteiger partial charge on any atom is -0.351 e. The van der Waals surface area contributed by atoms with E-state index in [-0.39, 0.29) is 11.4 Å². The van der Waals surface area contributed by atoms with E-state index in [1.165, 1.54) is 6.07 Å². The number of hydrogen-bond donors (Lipinski definition) is 3. The van der Waals surface area contributed by atoms with Crippen LogP contribution in [0.2, 0.25) is 0 Å². The number of anilines is 2. The molecule has 0 unspecified atom stereocenters. The summed E-state index contributed by atoms with van der Waals surface area (Å²) in [6, 6.07) is 5.27. The van der Waals surface area contributed by atoms with Gasteiger partial charge in [0.15, 0.2) is 4.34 Å². The molecule has 2 aromatic rings. The molecule has 7 nitrogen and oxygen atoms in total. The van der Waals surface area contributed by atoms with Crippen molar-refractivity contribution in [1.82, 2.24) is 15.5 Å². The molecule has 0 aliphatic carbocycles. The first-order valence-electron chi connectivity index (χ1n) is 5.62. The predicted octanol–water partition coefficient (Wildman–Crippen LogP) is 1.71. The average Bonchev–Trinajstić information content (AvgIpc) is 2.86. The molecular formula is C11H10FN5O2S2. The predicted molar refractivity (Wildman–Crippen MR) is 78.0 cm³/mol. The van der Waals surface area contributed by atoms with Gasteiger partial charge in [0.1, 0.15) is 5.82 Å². The third-order valence-corrected chi connectivity index (χ3v) is 4.08. The van der Waals surface area contributed by atoms with E-state index in [9.17, 15) is 14.0 Å². The van der Waals surface area contributed by atoms with E-state index in [4.69, 9.17) is 5.73 Å². The van der Waals surface area contributed by atoms with Crippen LogP contribution in [0, 0.1) is 5.82 Å². The maximum absolute atomic E-state index is 13.4. The molecule has 0 atom stereocenters. The van der Waals surface area contributed by atoms with Gasteiger partial charge >= 0.3 is 6.03 Å². The summed E-state index contributed by atoms with van der Waals surface area (Å²) in [6.07, 6.45) is 0. The van der Waals surface area contributed by atoms with Gasteiger partial charge < -0.3 is 11.1 Å². The summed E-state index contributed by atoms with van der Waals surface area (Å²) < 4.78 is 14.0. The molecule has 3 amide bonds. The minimum absolute atomic E-state index is 0.0166. The number of halogens is 1. The van der Waals surface area contributed by atoms with E-state index < -0.39 is 17.8 Å². The number of urea groups is 1. The zero-order valence-electron chi connectivity index (χ0n) is 10.5. The van der Waals surface area contributed by atoms with E-state index in [2.05, 4.69) is 15.5 Å². The van der Waals surface area contributed by atoms with Crippen LogP contribution < -0.4 is 16.4 Å². The summed E-state index contributed by atoms with van der Waals surface area (Å²) in [7, 11) is 0. The molecule has 0 saturated carbocycles. The summed E-state index contributed by atoms with van der Waals surface area (Å²) in [5, 5.41) is 12.8. The molecule has 0 spiro atoms. The number of nitrogens with one attached hydrogen (secondary N) is 2. The summed E-state index contributed by atoms with van der Waals surface area (Å²) in [4.78, 5) is 21.7. The van der Waals surface area contributed by atoms with Crippen molar-refractivity contribution >= 4 is 45.9 Å². The van der Waals surface area contributed by atoms with Crippen LogP contribution in [0.3, 0.4) is 0 Å². The molecule has 1 aromatic heterocycles. The van der Waals surface area contributed by atoms with Crippen molar-refractivity contribution < 1.29 is 14.0 Å². The summed E-state index contributed by atoms with van der Waals surface area (Å²) >= 11 is 2.26. The van der Waals surface area contributed by atoms with Gasteiger partial charge in [-0.3, -0.25) is 10.1 Å². The van der Waals surface area contributed by atoms with Crippen LogP contribution in [0.5, 0.6) is 0 Å². The van der Waals surface area contributed by atoms with Gasteiger partial charge in [-0.05, 0) is 12.1 Å². The maximum Gasteiger partial charge on any atom is 0.318 e. The highest BCUT2D eigenvalue weighted by atomic mass is 32.2. The van der Waals surface area contributed by atoms with Gasteiger partial charge in [-0.25, -0.2) is 9.18 Å². The van der Waals surface area contributed by atoms with Gasteiger partial charge in [0.2, 0.25) is 11.0 Å². The molecule has 1 heterocycles. The van der Waals surface area contributed by atoms with E-state index in [0.29, 0.717) is 9.47 Å². The van der Waals surface area contributed by atoms with E-state index in [1.807, 2.05) is 5.32 Å². The number of benzene rings is 1. The summed E-state index contributed by atoms with van der Waals surface area (Å²) in [5.74, 6) is -0.939. The van der Waals surface area contributed by atoms with E-state index >= 15 is 0 Å². The normalized spacial score (nSPS) is 10.1. The lowest BCUT2D eigenvalue weighted by Gasteiger charge is -2.01. The van der Waals surface area contributed by atoms with Gasteiger partial charge in [-0.1, -0.05) is 35.2 Å². The quantitative estimate of drug-likeness (QED) is 0.721. The van der Waals surface area contributed by atoms with Crippen molar-refractivity contribution in [1.29, 1.82) is 0 Å². The molecule has 0 aliphatic rings. The minimum atomic E-state index is -0.903. The SMILES string of the molecule is NC(=O)NC(=O)CSc1nnc(Nc2ccccc2F)s1. The summed E-state index contributed by atoms with van der Waals surface area (Å²) in [6.45, 7) is 0. The monoisotopic (exact) mass is 327 g/mol. The number of amides is 3. The fraction of sp³-hybridized carbons (Fsp3) is 0.0909. The lowest BCUT2D eigenvalue weighted by molar-refractivity contribution is -0.117. The highest BCUT2D eigenvalue weighted by Crippen LogP contribution is 2.28. The zero-order chi connectivity index (χ0) is 15.2. The van der Waals surface area contributed by atoms with Crippen molar-refractivity contribution in [2.24, 2.45) is 5.73 Å². The van der Waals surface area contributed by atoms with Crippen molar-refractivity contribution in [3.63, 3.8) is 0 Å². The molecule has 0 fully saturated rings. The zero-order valence-corrected chi connectivity index (χ0v) is 12.1. The first kappa shape index (κ1) is 15.2. The Morgan fingerprint density at radius 1 is 1.33 bits per heavy atom. The van der Waals surface area contributed by atoms with Crippen LogP contribution in [0.1, 0.15) is 0 Å². The van der Waals surface area contributed by atoms with Crippen LogP contribution in [0.15, 0.2) is 28.6 Å². The Kier molecular flexibility index (Phi) is 5.06. The molecule has 0 aliphatic heterocycles. The van der Waals surface area contributed by atoms with Crippen LogP contribution in [-0.4, -0.2) is 27.9 Å². The fourth-order valence-corrected chi connectivity index (χ4v) is 2.86. The standard InChI is InChI=1S/C11H10FN5O2S2/c12-6-3-1-2-4-7(6)14-10-16-17-11(21-10)20-5-8(18)15-9(13)19/h1-4H,5H2,(H,14,16)(H3,13,15,18,19). The third kappa shape index (κ3) is 4.68. The van der Waals surface area contributed by atoms with Crippen molar-refractivity contribution in [3.8, 4) is 0 Å². The third-order valence-electron chi connectivity index (χ3n) is 2.11. The Morgan fingerprint density at radius 3 is 2.81 bits per heavy atom. The Balaban J connectivity index is 1.91. The number of primary amides is 1. The molecule has 110 valence electrons. The first-order valence-corrected chi connectivity index (χ1v) is 7.42. The Hall–Kier alpha value is -2.20. The number of aromatic nitrogens is 2. The van der Waals surface area contributed by atoms with Gasteiger partial charge in [0.05, 0.1) is 11.4 Å². The van der Waals surface area contributed by atoms with Gasteiger partial charge in [-0.15, -0.1) is 10.2 Å². The van der Waals surface area contributed by atoms with Gasteiger partial charge in [0, 0.05) is 0 Å². The summed E-state index contributed by atoms with van der Waals surface area (Å²) in [5.41, 5.74) is 5.10. The molecular weight excluding hydrogens is 317 g/mol. The van der Waals surface area contributed by atoms with E-state index in [1.54, 1.807) is 18.2 Å². The average molecular weight is 327 g/mol. The Bertz CT molecular complexity index is 664. The number of rotatable bonds is 5. The first-order chi connectivity index (χ1) is 10.0. The Morgan fingerprint density at radius 2 is 2.10 bits per heavy atom. The van der Waals surface area contributed by atoms with Crippen molar-refractivity contribution in [3.05, 3.63) is 30.1 Å². The van der Waals surface area contributed by atoms with Gasteiger partial charge in [-0.2, -0.15) is 0 Å². The number of nitrogens with two attached hydrogens (primary N) is 1. The van der Waals surface area contributed by atoms with E-state index in [0.717, 1.165) is 23.1 Å². The Labute approximate surface area is 127 Å². The number of imide groups is 1. The highest BCUT2D eigenvalue weighted by molar-refractivity contribution is 8.01. The number of thioether (sulfide) groups is 1. The molecule has 4 N–H and O–H groups in total. The van der Waals surface area contributed by atoms with Crippen LogP contribution in [0.4, 0.5) is 20.0 Å². The molecule has 0 radical (unpaired) electrons. The molecule has 10 heteroatoms. The maximum atomic E-state index is 13.4. The second kappa shape index (κ2) is 6.99. The number of para-hydroxylation sites is 1.